The van der Waals surface area contributed by atoms with Crippen LogP contribution in [0.4, 0.5) is 0 Å². The van der Waals surface area contributed by atoms with Crippen LogP contribution in [0.25, 0.3) is 0 Å². The van der Waals surface area contributed by atoms with Crippen molar-refractivity contribution in [3.63, 3.8) is 0 Å². The second-order valence-electron chi connectivity index (χ2n) is 6.29. The summed E-state index contributed by atoms with van der Waals surface area (Å²) in [6.45, 7) is 5.80. The van der Waals surface area contributed by atoms with Crippen LogP contribution in [0.2, 0.25) is 0 Å². The average Bonchev–Trinajstić information content (AvgIpc) is 3.03. The summed E-state index contributed by atoms with van der Waals surface area (Å²) in [5.74, 6) is 0. The third-order valence-corrected chi connectivity index (χ3v) is 4.93. The first kappa shape index (κ1) is 14.1. The molecule has 1 aromatic carbocycles. The molecule has 1 heterocycles. The Balaban J connectivity index is 1.46. The van der Waals surface area contributed by atoms with Gasteiger partial charge in [-0.1, -0.05) is 43.2 Å². The molecule has 1 atom stereocenters. The first-order valence-electron chi connectivity index (χ1n) is 8.10. The van der Waals surface area contributed by atoms with Crippen molar-refractivity contribution >= 4 is 0 Å². The van der Waals surface area contributed by atoms with E-state index in [-0.39, 0.29) is 6.04 Å². The van der Waals surface area contributed by atoms with Gasteiger partial charge in [-0.2, -0.15) is 0 Å². The highest BCUT2D eigenvalue weighted by Gasteiger charge is 2.26. The summed E-state index contributed by atoms with van der Waals surface area (Å²) in [5, 5.41) is 0. The second kappa shape index (κ2) is 6.70. The van der Waals surface area contributed by atoms with Crippen molar-refractivity contribution in [2.45, 2.75) is 37.8 Å². The summed E-state index contributed by atoms with van der Waals surface area (Å²) in [6, 6.07) is 11.5. The first-order chi connectivity index (χ1) is 9.83. The summed E-state index contributed by atoms with van der Waals surface area (Å²) >= 11 is 0. The smallest absolute Gasteiger partial charge is 0.0424 e. The van der Waals surface area contributed by atoms with E-state index in [2.05, 4.69) is 40.1 Å². The number of nitrogens with zero attached hydrogens (tertiary/aromatic N) is 2. The van der Waals surface area contributed by atoms with Crippen LogP contribution in [0.3, 0.4) is 0 Å². The van der Waals surface area contributed by atoms with Crippen LogP contribution in [0.5, 0.6) is 0 Å². The minimum atomic E-state index is 0.147. The third-order valence-electron chi connectivity index (χ3n) is 4.93. The lowest BCUT2D eigenvalue weighted by Gasteiger charge is -2.38. The normalized spacial score (nSPS) is 24.1. The molecule has 0 aromatic heterocycles. The molecule has 2 aliphatic rings. The zero-order valence-electron chi connectivity index (χ0n) is 12.4. The molecule has 0 radical (unpaired) electrons. The monoisotopic (exact) mass is 273 g/mol. The Morgan fingerprint density at radius 3 is 2.30 bits per heavy atom. The molecule has 1 saturated carbocycles. The van der Waals surface area contributed by atoms with Crippen molar-refractivity contribution in [3.05, 3.63) is 35.9 Å². The van der Waals surface area contributed by atoms with Crippen LogP contribution in [0, 0.1) is 0 Å². The minimum Gasteiger partial charge on any atom is -0.323 e. The Labute approximate surface area is 122 Å². The molecule has 20 heavy (non-hydrogen) atoms. The molecule has 1 aliphatic heterocycles. The average molecular weight is 273 g/mol. The topological polar surface area (TPSA) is 32.5 Å². The van der Waals surface area contributed by atoms with Crippen LogP contribution in [0.15, 0.2) is 30.3 Å². The standard InChI is InChI=1S/C17H27N3/c18-17(15-6-2-1-3-7-15)14-19-10-12-20(13-11-19)16-8-4-5-9-16/h1-3,6-7,16-17H,4-5,8-14,18H2. The predicted octanol–water partition coefficient (Wildman–Crippen LogP) is 2.25. The highest BCUT2D eigenvalue weighted by molar-refractivity contribution is 5.18. The van der Waals surface area contributed by atoms with Crippen molar-refractivity contribution < 1.29 is 0 Å². The molecule has 1 saturated heterocycles. The van der Waals surface area contributed by atoms with Crippen LogP contribution in [-0.2, 0) is 0 Å². The van der Waals surface area contributed by atoms with E-state index in [0.717, 1.165) is 12.6 Å². The van der Waals surface area contributed by atoms with Gasteiger partial charge in [0.1, 0.15) is 0 Å². The van der Waals surface area contributed by atoms with Crippen LogP contribution in [-0.4, -0.2) is 48.6 Å². The Morgan fingerprint density at radius 1 is 1.00 bits per heavy atom. The highest BCUT2D eigenvalue weighted by atomic mass is 15.3. The summed E-state index contributed by atoms with van der Waals surface area (Å²) in [4.78, 5) is 5.24. The van der Waals surface area contributed by atoms with Gasteiger partial charge in [-0.3, -0.25) is 9.80 Å². The van der Waals surface area contributed by atoms with Gasteiger partial charge in [0.25, 0.3) is 0 Å². The summed E-state index contributed by atoms with van der Waals surface area (Å²) in [6.07, 6.45) is 5.71. The van der Waals surface area contributed by atoms with Crippen molar-refractivity contribution in [3.8, 4) is 0 Å². The third kappa shape index (κ3) is 3.40. The van der Waals surface area contributed by atoms with Gasteiger partial charge in [0.05, 0.1) is 0 Å². The minimum absolute atomic E-state index is 0.147. The molecule has 3 heteroatoms. The van der Waals surface area contributed by atoms with Gasteiger partial charge < -0.3 is 5.73 Å². The molecule has 2 N–H and O–H groups in total. The molecule has 1 aliphatic carbocycles. The van der Waals surface area contributed by atoms with E-state index in [4.69, 9.17) is 5.73 Å². The number of piperazine rings is 1. The van der Waals surface area contributed by atoms with E-state index in [1.165, 1.54) is 57.4 Å². The maximum absolute atomic E-state index is 6.33. The van der Waals surface area contributed by atoms with Crippen LogP contribution in [0.1, 0.15) is 37.3 Å². The molecular formula is C17H27N3. The highest BCUT2D eigenvalue weighted by Crippen LogP contribution is 2.24. The number of nitrogens with two attached hydrogens (primary N) is 1. The van der Waals surface area contributed by atoms with Crippen molar-refractivity contribution in [1.29, 1.82) is 0 Å². The fourth-order valence-corrected chi connectivity index (χ4v) is 3.66. The van der Waals surface area contributed by atoms with Crippen molar-refractivity contribution in [2.24, 2.45) is 5.73 Å². The lowest BCUT2D eigenvalue weighted by Crippen LogP contribution is -2.50. The quantitative estimate of drug-likeness (QED) is 0.913. The van der Waals surface area contributed by atoms with Crippen LogP contribution < -0.4 is 5.73 Å². The predicted molar refractivity (Wildman–Crippen MR) is 83.6 cm³/mol. The van der Waals surface area contributed by atoms with Gasteiger partial charge in [-0.25, -0.2) is 0 Å². The Hall–Kier alpha value is -0.900. The Bertz CT molecular complexity index is 392. The van der Waals surface area contributed by atoms with Gasteiger partial charge in [0.2, 0.25) is 0 Å². The van der Waals surface area contributed by atoms with Gasteiger partial charge >= 0.3 is 0 Å². The first-order valence-corrected chi connectivity index (χ1v) is 8.10. The Kier molecular flexibility index (Phi) is 4.71. The number of benzene rings is 1. The molecule has 1 unspecified atom stereocenters. The van der Waals surface area contributed by atoms with E-state index in [0.29, 0.717) is 0 Å². The van der Waals surface area contributed by atoms with E-state index >= 15 is 0 Å². The van der Waals surface area contributed by atoms with Gasteiger partial charge in [0.15, 0.2) is 0 Å². The number of rotatable bonds is 4. The molecule has 3 nitrogen and oxygen atoms in total. The molecular weight excluding hydrogens is 246 g/mol. The second-order valence-corrected chi connectivity index (χ2v) is 6.29. The number of hydrogen-bond donors (Lipinski definition) is 1. The molecule has 0 spiro atoms. The fourth-order valence-electron chi connectivity index (χ4n) is 3.66. The lowest BCUT2D eigenvalue weighted by atomic mass is 10.1. The lowest BCUT2D eigenvalue weighted by molar-refractivity contribution is 0.0942. The molecule has 0 amide bonds. The summed E-state index contributed by atoms with van der Waals surface area (Å²) < 4.78 is 0. The Morgan fingerprint density at radius 2 is 1.65 bits per heavy atom. The molecule has 110 valence electrons. The number of hydrogen-bond acceptors (Lipinski definition) is 3. The molecule has 3 rings (SSSR count). The fraction of sp³-hybridized carbons (Fsp3) is 0.647. The zero-order chi connectivity index (χ0) is 13.8. The van der Waals surface area contributed by atoms with Gasteiger partial charge in [-0.05, 0) is 18.4 Å². The summed E-state index contributed by atoms with van der Waals surface area (Å²) in [5.41, 5.74) is 7.58. The molecule has 1 aromatic rings. The van der Waals surface area contributed by atoms with E-state index in [1.807, 2.05) is 0 Å². The zero-order valence-corrected chi connectivity index (χ0v) is 12.4. The van der Waals surface area contributed by atoms with E-state index in [9.17, 15) is 0 Å². The van der Waals surface area contributed by atoms with Crippen LogP contribution >= 0.6 is 0 Å². The SMILES string of the molecule is NC(CN1CCN(C2CCCC2)CC1)c1ccccc1. The molecule has 2 fully saturated rings. The largest absolute Gasteiger partial charge is 0.323 e. The maximum Gasteiger partial charge on any atom is 0.0424 e. The van der Waals surface area contributed by atoms with Gasteiger partial charge in [0, 0.05) is 44.8 Å². The van der Waals surface area contributed by atoms with Crippen molar-refractivity contribution in [1.82, 2.24) is 9.80 Å². The van der Waals surface area contributed by atoms with Gasteiger partial charge in [-0.15, -0.1) is 0 Å². The van der Waals surface area contributed by atoms with Crippen molar-refractivity contribution in [2.75, 3.05) is 32.7 Å². The summed E-state index contributed by atoms with van der Waals surface area (Å²) in [7, 11) is 0. The molecule has 0 bridgehead atoms. The van der Waals surface area contributed by atoms with E-state index < -0.39 is 0 Å². The maximum atomic E-state index is 6.33. The van der Waals surface area contributed by atoms with E-state index in [1.54, 1.807) is 0 Å².